The van der Waals surface area contributed by atoms with Gasteiger partial charge in [0.25, 0.3) is 0 Å². The summed E-state index contributed by atoms with van der Waals surface area (Å²) in [7, 11) is -1.45. The average molecular weight is 182 g/mol. The summed E-state index contributed by atoms with van der Waals surface area (Å²) in [5, 5.41) is 26.0. The third kappa shape index (κ3) is 3.06. The van der Waals surface area contributed by atoms with E-state index in [0.717, 1.165) is 0 Å². The van der Waals surface area contributed by atoms with Crippen LogP contribution >= 0.6 is 0 Å². The van der Waals surface area contributed by atoms with Crippen LogP contribution in [-0.2, 0) is 0 Å². The van der Waals surface area contributed by atoms with Gasteiger partial charge in [0.05, 0.1) is 6.61 Å². The molecule has 0 radical (unpaired) electrons. The van der Waals surface area contributed by atoms with Crippen LogP contribution in [0.25, 0.3) is 0 Å². The summed E-state index contributed by atoms with van der Waals surface area (Å²) in [6.07, 6.45) is 0. The van der Waals surface area contributed by atoms with Gasteiger partial charge in [-0.25, -0.2) is 0 Å². The van der Waals surface area contributed by atoms with Gasteiger partial charge in [-0.15, -0.1) is 0 Å². The Hall–Kier alpha value is -1.04. The molecule has 0 heterocycles. The lowest BCUT2D eigenvalue weighted by molar-refractivity contribution is 0.201. The number of aliphatic hydroxyl groups excluding tert-OH is 1. The second kappa shape index (κ2) is 4.86. The van der Waals surface area contributed by atoms with E-state index in [1.165, 1.54) is 0 Å². The fourth-order valence-electron chi connectivity index (χ4n) is 0.900. The van der Waals surface area contributed by atoms with Crippen molar-refractivity contribution < 1.29 is 19.9 Å². The van der Waals surface area contributed by atoms with Gasteiger partial charge in [0.1, 0.15) is 12.4 Å². The average Bonchev–Trinajstić information content (AvgIpc) is 2.15. The number of ether oxygens (including phenoxy) is 1. The van der Waals surface area contributed by atoms with Crippen LogP contribution in [0.3, 0.4) is 0 Å². The predicted molar refractivity (Wildman–Crippen MR) is 48.8 cm³/mol. The van der Waals surface area contributed by atoms with Crippen LogP contribution in [0.1, 0.15) is 0 Å². The zero-order chi connectivity index (χ0) is 9.68. The molecule has 70 valence electrons. The van der Waals surface area contributed by atoms with E-state index in [2.05, 4.69) is 0 Å². The van der Waals surface area contributed by atoms with E-state index < -0.39 is 7.12 Å². The predicted octanol–water partition coefficient (Wildman–Crippen LogP) is -1.26. The van der Waals surface area contributed by atoms with Gasteiger partial charge in [-0.2, -0.15) is 0 Å². The smallest absolute Gasteiger partial charge is 0.488 e. The van der Waals surface area contributed by atoms with E-state index in [0.29, 0.717) is 11.2 Å². The maximum Gasteiger partial charge on any atom is 0.488 e. The standard InChI is InChI=1S/C8H11BO4/c10-5-6-13-8-3-1-7(2-4-8)9(11)12/h1-4,10-12H,5-6H2. The molecule has 3 N–H and O–H groups in total. The van der Waals surface area contributed by atoms with Crippen molar-refractivity contribution >= 4 is 12.6 Å². The third-order valence-electron chi connectivity index (χ3n) is 1.54. The zero-order valence-corrected chi connectivity index (χ0v) is 7.05. The fourth-order valence-corrected chi connectivity index (χ4v) is 0.900. The second-order valence-electron chi connectivity index (χ2n) is 2.51. The molecule has 13 heavy (non-hydrogen) atoms. The van der Waals surface area contributed by atoms with Crippen LogP contribution in [0.2, 0.25) is 0 Å². The molecular formula is C8H11BO4. The lowest BCUT2D eigenvalue weighted by atomic mass is 9.80. The van der Waals surface area contributed by atoms with Crippen molar-refractivity contribution in [2.24, 2.45) is 0 Å². The summed E-state index contributed by atoms with van der Waals surface area (Å²) in [4.78, 5) is 0. The lowest BCUT2D eigenvalue weighted by Gasteiger charge is -2.04. The highest BCUT2D eigenvalue weighted by molar-refractivity contribution is 6.58. The minimum Gasteiger partial charge on any atom is -0.491 e. The Kier molecular flexibility index (Phi) is 3.76. The Morgan fingerprint density at radius 2 is 1.77 bits per heavy atom. The van der Waals surface area contributed by atoms with Gasteiger partial charge in [-0.1, -0.05) is 12.1 Å². The van der Waals surface area contributed by atoms with Gasteiger partial charge in [-0.05, 0) is 17.6 Å². The van der Waals surface area contributed by atoms with E-state index in [4.69, 9.17) is 19.9 Å². The van der Waals surface area contributed by atoms with Crippen LogP contribution in [0.15, 0.2) is 24.3 Å². The maximum absolute atomic E-state index is 8.77. The highest BCUT2D eigenvalue weighted by Crippen LogP contribution is 2.06. The van der Waals surface area contributed by atoms with Crippen LogP contribution in [0.4, 0.5) is 0 Å². The van der Waals surface area contributed by atoms with Crippen molar-refractivity contribution in [2.45, 2.75) is 0 Å². The molecule has 5 heteroatoms. The number of aliphatic hydroxyl groups is 1. The first-order valence-electron chi connectivity index (χ1n) is 3.94. The monoisotopic (exact) mass is 182 g/mol. The van der Waals surface area contributed by atoms with Crippen molar-refractivity contribution in [2.75, 3.05) is 13.2 Å². The molecule has 4 nitrogen and oxygen atoms in total. The van der Waals surface area contributed by atoms with E-state index >= 15 is 0 Å². The van der Waals surface area contributed by atoms with Crippen LogP contribution < -0.4 is 10.2 Å². The molecule has 0 saturated carbocycles. The van der Waals surface area contributed by atoms with Crippen LogP contribution in [0, 0.1) is 0 Å². The van der Waals surface area contributed by atoms with Crippen molar-refractivity contribution in [3.63, 3.8) is 0 Å². The zero-order valence-electron chi connectivity index (χ0n) is 7.05. The van der Waals surface area contributed by atoms with Gasteiger partial charge < -0.3 is 19.9 Å². The number of benzene rings is 1. The van der Waals surface area contributed by atoms with Gasteiger partial charge in [0.15, 0.2) is 0 Å². The Labute approximate surface area is 76.6 Å². The first-order chi connectivity index (χ1) is 6.24. The minimum atomic E-state index is -1.45. The fraction of sp³-hybridized carbons (Fsp3) is 0.250. The van der Waals surface area contributed by atoms with E-state index in [9.17, 15) is 0 Å². The number of hydrogen-bond donors (Lipinski definition) is 3. The molecule has 0 amide bonds. The molecule has 0 aromatic heterocycles. The van der Waals surface area contributed by atoms with Gasteiger partial charge in [0, 0.05) is 0 Å². The summed E-state index contributed by atoms with van der Waals surface area (Å²) >= 11 is 0. The van der Waals surface area contributed by atoms with E-state index in [-0.39, 0.29) is 13.2 Å². The van der Waals surface area contributed by atoms with Crippen LogP contribution in [-0.4, -0.2) is 35.5 Å². The Morgan fingerprint density at radius 3 is 2.23 bits per heavy atom. The third-order valence-corrected chi connectivity index (χ3v) is 1.54. The molecule has 0 atom stereocenters. The Morgan fingerprint density at radius 1 is 1.15 bits per heavy atom. The normalized spacial score (nSPS) is 9.77. The quantitative estimate of drug-likeness (QED) is 0.508. The van der Waals surface area contributed by atoms with Crippen molar-refractivity contribution in [1.29, 1.82) is 0 Å². The molecule has 1 rings (SSSR count). The first-order valence-corrected chi connectivity index (χ1v) is 3.94. The molecule has 0 fully saturated rings. The Bertz CT molecular complexity index is 247. The maximum atomic E-state index is 8.77. The molecule has 0 unspecified atom stereocenters. The SMILES string of the molecule is OCCOc1ccc(B(O)O)cc1. The molecular weight excluding hydrogens is 171 g/mol. The topological polar surface area (TPSA) is 69.9 Å². The highest BCUT2D eigenvalue weighted by atomic mass is 16.5. The molecule has 0 aliphatic rings. The van der Waals surface area contributed by atoms with Crippen molar-refractivity contribution in [3.05, 3.63) is 24.3 Å². The van der Waals surface area contributed by atoms with Gasteiger partial charge >= 0.3 is 7.12 Å². The summed E-state index contributed by atoms with van der Waals surface area (Å²) in [5.41, 5.74) is 0.413. The summed E-state index contributed by atoms with van der Waals surface area (Å²) < 4.78 is 5.08. The number of rotatable bonds is 4. The van der Waals surface area contributed by atoms with E-state index in [1.807, 2.05) is 0 Å². The van der Waals surface area contributed by atoms with Gasteiger partial charge in [-0.3, -0.25) is 0 Å². The highest BCUT2D eigenvalue weighted by Gasteiger charge is 2.09. The Balaban J connectivity index is 2.59. The summed E-state index contributed by atoms with van der Waals surface area (Å²) in [6.45, 7) is 0.200. The summed E-state index contributed by atoms with van der Waals surface area (Å²) in [5.74, 6) is 0.596. The van der Waals surface area contributed by atoms with Crippen LogP contribution in [0.5, 0.6) is 5.75 Å². The largest absolute Gasteiger partial charge is 0.491 e. The van der Waals surface area contributed by atoms with E-state index in [1.54, 1.807) is 24.3 Å². The molecule has 0 saturated heterocycles. The molecule has 1 aromatic rings. The lowest BCUT2D eigenvalue weighted by Crippen LogP contribution is -2.29. The molecule has 0 spiro atoms. The number of hydrogen-bond acceptors (Lipinski definition) is 4. The molecule has 0 bridgehead atoms. The van der Waals surface area contributed by atoms with Crippen molar-refractivity contribution in [3.8, 4) is 5.75 Å². The van der Waals surface area contributed by atoms with Crippen molar-refractivity contribution in [1.82, 2.24) is 0 Å². The molecule has 0 aliphatic heterocycles. The second-order valence-corrected chi connectivity index (χ2v) is 2.51. The molecule has 1 aromatic carbocycles. The van der Waals surface area contributed by atoms with Gasteiger partial charge in [0.2, 0.25) is 0 Å². The summed E-state index contributed by atoms with van der Waals surface area (Å²) in [6, 6.07) is 6.34. The minimum absolute atomic E-state index is 0.0373. The first kappa shape index (κ1) is 10.0. The molecule has 0 aliphatic carbocycles.